The maximum Gasteiger partial charge on any atom is 0.326 e. The molecule has 40 heavy (non-hydrogen) atoms. The maximum atomic E-state index is 13.5. The van der Waals surface area contributed by atoms with Gasteiger partial charge in [0.25, 0.3) is 15.9 Å². The monoisotopic (exact) mass is 560 g/mol. The number of carboxylic acid groups (broad SMARTS) is 1. The molecule has 4 aromatic carbocycles. The predicted octanol–water partition coefficient (Wildman–Crippen LogP) is 3.96. The number of fused-ring (bicyclic) bond motifs is 2. The van der Waals surface area contributed by atoms with Gasteiger partial charge in [-0.05, 0) is 71.1 Å². The predicted molar refractivity (Wildman–Crippen MR) is 148 cm³/mol. The molecule has 0 saturated heterocycles. The van der Waals surface area contributed by atoms with Gasteiger partial charge in [0.1, 0.15) is 22.9 Å². The molecular formula is C29H25FN4O5S. The molecule has 0 aliphatic carbocycles. The van der Waals surface area contributed by atoms with Crippen LogP contribution in [0.2, 0.25) is 0 Å². The molecular weight excluding hydrogens is 535 g/mol. The van der Waals surface area contributed by atoms with E-state index in [1.54, 1.807) is 48.5 Å². The van der Waals surface area contributed by atoms with Crippen molar-refractivity contribution in [1.82, 2.24) is 19.7 Å². The number of rotatable bonds is 10. The second-order valence-corrected chi connectivity index (χ2v) is 11.4. The molecule has 0 saturated carbocycles. The number of amides is 1. The number of carbonyl (C=O) groups is 2. The van der Waals surface area contributed by atoms with Crippen LogP contribution in [0.3, 0.4) is 0 Å². The minimum absolute atomic E-state index is 0.0569. The molecule has 1 aromatic heterocycles. The fourth-order valence-corrected chi connectivity index (χ4v) is 5.82. The number of carboxylic acids is 1. The van der Waals surface area contributed by atoms with E-state index >= 15 is 0 Å². The SMILES string of the molecule is O=C(N[C@H](Cc1cccc(F)c1)C(=O)O)c1ccc2cc(CCCS(=O)(=O)n3nnc4ccccc43)ccc2c1. The number of nitrogens with zero attached hydrogens (tertiary/aromatic N) is 3. The average molecular weight is 561 g/mol. The molecule has 1 atom stereocenters. The lowest BCUT2D eigenvalue weighted by molar-refractivity contribution is -0.139. The smallest absolute Gasteiger partial charge is 0.326 e. The summed E-state index contributed by atoms with van der Waals surface area (Å²) in [5, 5.41) is 21.4. The number of aliphatic carboxylic acids is 1. The lowest BCUT2D eigenvalue weighted by Gasteiger charge is -2.15. The summed E-state index contributed by atoms with van der Waals surface area (Å²) in [6, 6.07) is 21.9. The molecule has 0 bridgehead atoms. The van der Waals surface area contributed by atoms with Crippen LogP contribution in [0.1, 0.15) is 27.9 Å². The summed E-state index contributed by atoms with van der Waals surface area (Å²) in [4.78, 5) is 24.5. The van der Waals surface area contributed by atoms with E-state index < -0.39 is 33.8 Å². The molecule has 0 fully saturated rings. The lowest BCUT2D eigenvalue weighted by atomic mass is 10.0. The van der Waals surface area contributed by atoms with Crippen molar-refractivity contribution in [3.63, 3.8) is 0 Å². The van der Waals surface area contributed by atoms with Crippen LogP contribution in [0.4, 0.5) is 4.39 Å². The van der Waals surface area contributed by atoms with Gasteiger partial charge in [0.15, 0.2) is 0 Å². The molecule has 0 aliphatic rings. The number of halogens is 1. The molecule has 2 N–H and O–H groups in total. The minimum Gasteiger partial charge on any atom is -0.480 e. The maximum absolute atomic E-state index is 13.5. The Morgan fingerprint density at radius 3 is 2.50 bits per heavy atom. The van der Waals surface area contributed by atoms with Gasteiger partial charge in [-0.15, -0.1) is 9.19 Å². The van der Waals surface area contributed by atoms with Crippen LogP contribution in [-0.2, 0) is 27.7 Å². The van der Waals surface area contributed by atoms with Crippen LogP contribution in [0.5, 0.6) is 0 Å². The van der Waals surface area contributed by atoms with Gasteiger partial charge in [0.05, 0.1) is 5.75 Å². The third kappa shape index (κ3) is 5.99. The zero-order valence-corrected chi connectivity index (χ0v) is 22.0. The number of aromatic nitrogens is 3. The van der Waals surface area contributed by atoms with Crippen molar-refractivity contribution in [2.45, 2.75) is 25.3 Å². The molecule has 0 unspecified atom stereocenters. The first kappa shape index (κ1) is 26.9. The Morgan fingerprint density at radius 2 is 1.70 bits per heavy atom. The van der Waals surface area contributed by atoms with E-state index in [-0.39, 0.29) is 17.7 Å². The fraction of sp³-hybridized carbons (Fsp3) is 0.172. The highest BCUT2D eigenvalue weighted by Crippen LogP contribution is 2.20. The largest absolute Gasteiger partial charge is 0.480 e. The Labute approximate surface area is 229 Å². The van der Waals surface area contributed by atoms with E-state index in [0.717, 1.165) is 20.4 Å². The van der Waals surface area contributed by atoms with Crippen molar-refractivity contribution in [2.24, 2.45) is 0 Å². The van der Waals surface area contributed by atoms with Crippen LogP contribution in [0, 0.1) is 5.82 Å². The normalized spacial score (nSPS) is 12.4. The molecule has 204 valence electrons. The molecule has 0 spiro atoms. The third-order valence-corrected chi connectivity index (χ3v) is 8.15. The summed E-state index contributed by atoms with van der Waals surface area (Å²) < 4.78 is 40.1. The number of hydrogen-bond donors (Lipinski definition) is 2. The van der Waals surface area contributed by atoms with E-state index in [4.69, 9.17) is 0 Å². The van der Waals surface area contributed by atoms with Gasteiger partial charge >= 0.3 is 5.97 Å². The summed E-state index contributed by atoms with van der Waals surface area (Å²) in [7, 11) is -3.67. The fourth-order valence-electron chi connectivity index (χ4n) is 4.53. The van der Waals surface area contributed by atoms with Crippen molar-refractivity contribution < 1.29 is 27.5 Å². The van der Waals surface area contributed by atoms with Crippen LogP contribution in [0.25, 0.3) is 21.8 Å². The third-order valence-electron chi connectivity index (χ3n) is 6.55. The van der Waals surface area contributed by atoms with E-state index in [1.807, 2.05) is 18.2 Å². The van der Waals surface area contributed by atoms with Gasteiger partial charge in [0.2, 0.25) is 0 Å². The Kier molecular flexibility index (Phi) is 7.56. The van der Waals surface area contributed by atoms with Crippen molar-refractivity contribution in [1.29, 1.82) is 0 Å². The van der Waals surface area contributed by atoms with Gasteiger partial charge in [-0.3, -0.25) is 4.79 Å². The highest BCUT2D eigenvalue weighted by atomic mass is 32.2. The topological polar surface area (TPSA) is 131 Å². The Morgan fingerprint density at radius 1 is 0.925 bits per heavy atom. The summed E-state index contributed by atoms with van der Waals surface area (Å²) in [6.07, 6.45) is 0.841. The van der Waals surface area contributed by atoms with Crippen molar-refractivity contribution >= 4 is 43.7 Å². The van der Waals surface area contributed by atoms with Gasteiger partial charge in [-0.1, -0.05) is 53.7 Å². The highest BCUT2D eigenvalue weighted by Gasteiger charge is 2.22. The Bertz CT molecular complexity index is 1840. The molecule has 1 heterocycles. The number of carbonyl (C=O) groups excluding carboxylic acids is 1. The van der Waals surface area contributed by atoms with E-state index in [9.17, 15) is 27.5 Å². The van der Waals surface area contributed by atoms with Gasteiger partial charge < -0.3 is 10.4 Å². The Hall–Kier alpha value is -4.64. The molecule has 9 nitrogen and oxygen atoms in total. The van der Waals surface area contributed by atoms with Crippen molar-refractivity contribution in [2.75, 3.05) is 5.75 Å². The van der Waals surface area contributed by atoms with Crippen molar-refractivity contribution in [3.8, 4) is 0 Å². The zero-order valence-electron chi connectivity index (χ0n) is 21.2. The van der Waals surface area contributed by atoms with Crippen LogP contribution >= 0.6 is 0 Å². The quantitative estimate of drug-likeness (QED) is 0.264. The number of nitrogens with one attached hydrogen (secondary N) is 1. The number of aryl methyl sites for hydroxylation is 1. The standard InChI is InChI=1S/C29H25FN4O5S/c30-24-7-3-5-20(16-24)17-26(29(36)37)31-28(35)23-13-12-21-15-19(10-11-22(21)18-23)6-4-14-40(38,39)34-27-9-2-1-8-25(27)32-33-34/h1-3,5,7-13,15-16,18,26H,4,6,14,17H2,(H,31,35)(H,36,37)/t26-/m1/s1. The minimum atomic E-state index is -3.67. The number of benzene rings is 4. The second-order valence-electron chi connectivity index (χ2n) is 9.44. The molecule has 5 rings (SSSR count). The summed E-state index contributed by atoms with van der Waals surface area (Å²) in [5.74, 6) is -2.35. The first-order valence-electron chi connectivity index (χ1n) is 12.5. The summed E-state index contributed by atoms with van der Waals surface area (Å²) in [5.41, 5.74) is 2.64. The zero-order chi connectivity index (χ0) is 28.3. The molecule has 0 aliphatic heterocycles. The molecule has 0 radical (unpaired) electrons. The van der Waals surface area contributed by atoms with E-state index in [0.29, 0.717) is 29.4 Å². The average Bonchev–Trinajstić information content (AvgIpc) is 3.37. The molecule has 11 heteroatoms. The van der Waals surface area contributed by atoms with Crippen LogP contribution in [0.15, 0.2) is 84.9 Å². The van der Waals surface area contributed by atoms with Crippen molar-refractivity contribution in [3.05, 3.63) is 107 Å². The lowest BCUT2D eigenvalue weighted by Crippen LogP contribution is -2.42. The van der Waals surface area contributed by atoms with Crippen LogP contribution < -0.4 is 5.32 Å². The summed E-state index contributed by atoms with van der Waals surface area (Å²) >= 11 is 0. The first-order chi connectivity index (χ1) is 19.2. The van der Waals surface area contributed by atoms with Gasteiger partial charge in [0, 0.05) is 12.0 Å². The Balaban J connectivity index is 1.23. The number of hydrogen-bond acceptors (Lipinski definition) is 6. The molecule has 1 amide bonds. The van der Waals surface area contributed by atoms with E-state index in [2.05, 4.69) is 15.6 Å². The van der Waals surface area contributed by atoms with Crippen LogP contribution in [-0.4, -0.2) is 51.6 Å². The van der Waals surface area contributed by atoms with Gasteiger partial charge in [-0.25, -0.2) is 17.6 Å². The second kappa shape index (κ2) is 11.2. The first-order valence-corrected chi connectivity index (χ1v) is 14.1. The number of para-hydroxylation sites is 1. The molecule has 5 aromatic rings. The van der Waals surface area contributed by atoms with E-state index in [1.165, 1.54) is 18.2 Å². The summed E-state index contributed by atoms with van der Waals surface area (Å²) in [6.45, 7) is 0. The highest BCUT2D eigenvalue weighted by molar-refractivity contribution is 7.89. The van der Waals surface area contributed by atoms with Gasteiger partial charge in [-0.2, -0.15) is 0 Å².